The van der Waals surface area contributed by atoms with Crippen molar-refractivity contribution >= 4 is 0 Å². The second-order valence-corrected chi connectivity index (χ2v) is 5.97. The highest BCUT2D eigenvalue weighted by atomic mass is 16.3. The molecule has 0 bridgehead atoms. The zero-order chi connectivity index (χ0) is 12.8. The van der Waals surface area contributed by atoms with Crippen LogP contribution in [0.3, 0.4) is 0 Å². The predicted octanol–water partition coefficient (Wildman–Crippen LogP) is 2.87. The smallest absolute Gasteiger partial charge is 0.117 e. The van der Waals surface area contributed by atoms with E-state index in [2.05, 4.69) is 11.8 Å². The summed E-state index contributed by atoms with van der Waals surface area (Å²) in [5, 5.41) is 20.1. The third-order valence-electron chi connectivity index (χ3n) is 4.57. The minimum atomic E-state index is -0.524. The molecule has 0 saturated heterocycles. The Balaban J connectivity index is 1.81. The van der Waals surface area contributed by atoms with Gasteiger partial charge in [-0.3, -0.25) is 0 Å². The van der Waals surface area contributed by atoms with Gasteiger partial charge in [0, 0.05) is 0 Å². The van der Waals surface area contributed by atoms with E-state index in [0.29, 0.717) is 11.8 Å². The monoisotopic (exact) mass is 250 g/mol. The minimum absolute atomic E-state index is 0.338. The molecule has 2 nitrogen and oxygen atoms in total. The molecule has 2 aliphatic carbocycles. The number of aliphatic hydroxyl groups excluding tert-OH is 2. The maximum absolute atomic E-state index is 10.0. The number of hydrogen-bond donors (Lipinski definition) is 2. The SMILES string of the molecule is OC(C#C[C@H](O)C1CCCCC1)C1CCCCC1. The topological polar surface area (TPSA) is 40.5 Å². The quantitative estimate of drug-likeness (QED) is 0.740. The molecule has 0 aliphatic heterocycles. The lowest BCUT2D eigenvalue weighted by atomic mass is 9.84. The Hall–Kier alpha value is -0.520. The Morgan fingerprint density at radius 3 is 1.28 bits per heavy atom. The Morgan fingerprint density at radius 1 is 0.611 bits per heavy atom. The van der Waals surface area contributed by atoms with Gasteiger partial charge in [0.25, 0.3) is 0 Å². The molecular formula is C16H26O2. The van der Waals surface area contributed by atoms with Gasteiger partial charge in [-0.05, 0) is 37.5 Å². The summed E-state index contributed by atoms with van der Waals surface area (Å²) in [6, 6.07) is 0. The van der Waals surface area contributed by atoms with Gasteiger partial charge >= 0.3 is 0 Å². The van der Waals surface area contributed by atoms with Crippen LogP contribution in [0.1, 0.15) is 64.2 Å². The Labute approximate surface area is 111 Å². The molecule has 0 aromatic heterocycles. The fourth-order valence-corrected chi connectivity index (χ4v) is 3.31. The molecule has 2 aliphatic rings. The first kappa shape index (κ1) is 13.9. The van der Waals surface area contributed by atoms with Gasteiger partial charge < -0.3 is 10.2 Å². The van der Waals surface area contributed by atoms with Crippen LogP contribution >= 0.6 is 0 Å². The summed E-state index contributed by atoms with van der Waals surface area (Å²) in [5.74, 6) is 6.49. The Bertz CT molecular complexity index is 262. The zero-order valence-corrected chi connectivity index (χ0v) is 11.3. The van der Waals surface area contributed by atoms with Crippen molar-refractivity contribution in [2.75, 3.05) is 0 Å². The van der Waals surface area contributed by atoms with E-state index in [-0.39, 0.29) is 0 Å². The summed E-state index contributed by atoms with van der Waals surface area (Å²) < 4.78 is 0. The average Bonchev–Trinajstić information content (AvgIpc) is 2.46. The molecule has 2 rings (SSSR count). The molecule has 2 saturated carbocycles. The molecule has 0 heterocycles. The molecule has 102 valence electrons. The highest BCUT2D eigenvalue weighted by Gasteiger charge is 2.22. The van der Waals surface area contributed by atoms with E-state index in [1.165, 1.54) is 38.5 Å². The van der Waals surface area contributed by atoms with E-state index >= 15 is 0 Å². The molecule has 0 radical (unpaired) electrons. The van der Waals surface area contributed by atoms with E-state index in [0.717, 1.165) is 25.7 Å². The molecule has 0 aromatic carbocycles. The van der Waals surface area contributed by atoms with Crippen LogP contribution in [0, 0.1) is 23.7 Å². The van der Waals surface area contributed by atoms with Crippen LogP contribution in [0.25, 0.3) is 0 Å². The summed E-state index contributed by atoms with van der Waals surface area (Å²) in [5.41, 5.74) is 0. The van der Waals surface area contributed by atoms with E-state index < -0.39 is 12.2 Å². The lowest BCUT2D eigenvalue weighted by molar-refractivity contribution is 0.124. The summed E-state index contributed by atoms with van der Waals surface area (Å²) >= 11 is 0. The first-order valence-corrected chi connectivity index (χ1v) is 7.64. The zero-order valence-electron chi connectivity index (χ0n) is 11.3. The molecular weight excluding hydrogens is 224 g/mol. The van der Waals surface area contributed by atoms with Gasteiger partial charge in [-0.25, -0.2) is 0 Å². The maximum atomic E-state index is 10.0. The van der Waals surface area contributed by atoms with Crippen LogP contribution in [-0.2, 0) is 0 Å². The third-order valence-corrected chi connectivity index (χ3v) is 4.57. The van der Waals surface area contributed by atoms with Crippen LogP contribution < -0.4 is 0 Å². The Morgan fingerprint density at radius 2 is 0.944 bits per heavy atom. The van der Waals surface area contributed by atoms with Crippen LogP contribution in [-0.4, -0.2) is 22.4 Å². The van der Waals surface area contributed by atoms with Crippen molar-refractivity contribution in [3.8, 4) is 11.8 Å². The van der Waals surface area contributed by atoms with Gasteiger partial charge in [0.1, 0.15) is 12.2 Å². The lowest BCUT2D eigenvalue weighted by Crippen LogP contribution is -2.24. The van der Waals surface area contributed by atoms with Crippen LogP contribution in [0.2, 0.25) is 0 Å². The van der Waals surface area contributed by atoms with Crippen molar-refractivity contribution in [3.05, 3.63) is 0 Å². The normalized spacial score (nSPS) is 26.1. The first-order chi connectivity index (χ1) is 8.77. The third kappa shape index (κ3) is 4.00. The van der Waals surface area contributed by atoms with E-state index in [1.54, 1.807) is 0 Å². The second kappa shape index (κ2) is 7.16. The van der Waals surface area contributed by atoms with Crippen molar-refractivity contribution in [3.63, 3.8) is 0 Å². The summed E-state index contributed by atoms with van der Waals surface area (Å²) in [7, 11) is 0. The van der Waals surface area contributed by atoms with Crippen LogP contribution in [0.15, 0.2) is 0 Å². The van der Waals surface area contributed by atoms with Gasteiger partial charge in [0.05, 0.1) is 0 Å². The highest BCUT2D eigenvalue weighted by molar-refractivity contribution is 5.11. The van der Waals surface area contributed by atoms with Gasteiger partial charge in [-0.2, -0.15) is 0 Å². The van der Waals surface area contributed by atoms with Crippen molar-refractivity contribution < 1.29 is 10.2 Å². The standard InChI is InChI=1S/C16H26O2/c17-15(13-7-3-1-4-8-13)11-12-16(18)14-9-5-2-6-10-14/h13-18H,1-10H2/t15-,16?/m0/s1. The largest absolute Gasteiger partial charge is 0.380 e. The summed E-state index contributed by atoms with van der Waals surface area (Å²) in [4.78, 5) is 0. The van der Waals surface area contributed by atoms with Gasteiger partial charge in [-0.1, -0.05) is 50.4 Å². The van der Waals surface area contributed by atoms with E-state index in [4.69, 9.17) is 0 Å². The number of rotatable bonds is 2. The molecule has 1 unspecified atom stereocenters. The fourth-order valence-electron chi connectivity index (χ4n) is 3.31. The van der Waals surface area contributed by atoms with Crippen molar-refractivity contribution in [2.45, 2.75) is 76.4 Å². The first-order valence-electron chi connectivity index (χ1n) is 7.64. The second-order valence-electron chi connectivity index (χ2n) is 5.97. The van der Waals surface area contributed by atoms with Gasteiger partial charge in [-0.15, -0.1) is 0 Å². The number of hydrogen-bond acceptors (Lipinski definition) is 2. The summed E-state index contributed by atoms with van der Waals surface area (Å²) in [6.45, 7) is 0. The number of aliphatic hydroxyl groups is 2. The molecule has 0 aromatic rings. The fraction of sp³-hybridized carbons (Fsp3) is 0.875. The van der Waals surface area contributed by atoms with E-state index in [9.17, 15) is 10.2 Å². The van der Waals surface area contributed by atoms with Crippen molar-refractivity contribution in [1.82, 2.24) is 0 Å². The molecule has 0 amide bonds. The lowest BCUT2D eigenvalue weighted by Gasteiger charge is -2.24. The van der Waals surface area contributed by atoms with Gasteiger partial charge in [0.2, 0.25) is 0 Å². The minimum Gasteiger partial charge on any atom is -0.380 e. The van der Waals surface area contributed by atoms with Crippen LogP contribution in [0.4, 0.5) is 0 Å². The van der Waals surface area contributed by atoms with Crippen LogP contribution in [0.5, 0.6) is 0 Å². The predicted molar refractivity (Wildman–Crippen MR) is 72.9 cm³/mol. The maximum Gasteiger partial charge on any atom is 0.117 e. The highest BCUT2D eigenvalue weighted by Crippen LogP contribution is 2.27. The van der Waals surface area contributed by atoms with Gasteiger partial charge in [0.15, 0.2) is 0 Å². The molecule has 18 heavy (non-hydrogen) atoms. The molecule has 2 fully saturated rings. The van der Waals surface area contributed by atoms with Crippen molar-refractivity contribution in [2.24, 2.45) is 11.8 Å². The molecule has 2 atom stereocenters. The molecule has 0 spiro atoms. The Kier molecular flexibility index (Phi) is 5.53. The van der Waals surface area contributed by atoms with E-state index in [1.807, 2.05) is 0 Å². The average molecular weight is 250 g/mol. The van der Waals surface area contributed by atoms with Crippen molar-refractivity contribution in [1.29, 1.82) is 0 Å². The molecule has 2 heteroatoms. The molecule has 2 N–H and O–H groups in total. The summed E-state index contributed by atoms with van der Waals surface area (Å²) in [6.07, 6.45) is 10.8.